The average molecular weight is 374 g/mol. The van der Waals surface area contributed by atoms with E-state index in [-0.39, 0.29) is 0 Å². The van der Waals surface area contributed by atoms with Gasteiger partial charge in [-0.1, -0.05) is 12.1 Å². The zero-order valence-corrected chi connectivity index (χ0v) is 16.4. The monoisotopic (exact) mass is 374 g/mol. The summed E-state index contributed by atoms with van der Waals surface area (Å²) in [4.78, 5) is 8.29. The number of hydrogen-bond donors (Lipinski definition) is 0. The highest BCUT2D eigenvalue weighted by atomic mass is 15.3. The molecule has 0 unspecified atom stereocenters. The molecule has 0 aromatic carbocycles. The summed E-state index contributed by atoms with van der Waals surface area (Å²) in [5.74, 6) is 0. The molecule has 2 rings (SSSR count). The van der Waals surface area contributed by atoms with Crippen molar-refractivity contribution in [1.29, 1.82) is 0 Å². The minimum atomic E-state index is 0.655. The zero-order chi connectivity index (χ0) is 20.2. The molecule has 0 aliphatic heterocycles. The Balaban J connectivity index is 1.99. The quantitative estimate of drug-likeness (QED) is 0.546. The van der Waals surface area contributed by atoms with Gasteiger partial charge in [0.2, 0.25) is 0 Å². The molecular weight excluding hydrogens is 352 g/mol. The van der Waals surface area contributed by atoms with Crippen LogP contribution in [0.3, 0.4) is 0 Å². The molecule has 8 heteroatoms. The Bertz CT molecular complexity index is 859. The summed E-state index contributed by atoms with van der Waals surface area (Å²) >= 11 is 0. The van der Waals surface area contributed by atoms with Crippen LogP contribution in [-0.4, -0.2) is 45.2 Å². The van der Waals surface area contributed by atoms with Crippen LogP contribution in [0.15, 0.2) is 79.4 Å². The highest BCUT2D eigenvalue weighted by molar-refractivity contribution is 6.42. The molecule has 142 valence electrons. The second-order valence-corrected chi connectivity index (χ2v) is 5.74. The van der Waals surface area contributed by atoms with Crippen molar-refractivity contribution in [1.82, 2.24) is 9.97 Å². The Morgan fingerprint density at radius 2 is 1.00 bits per heavy atom. The number of rotatable bonds is 7. The van der Waals surface area contributed by atoms with E-state index in [0.29, 0.717) is 22.8 Å². The van der Waals surface area contributed by atoms with E-state index in [4.69, 9.17) is 0 Å². The van der Waals surface area contributed by atoms with E-state index >= 15 is 0 Å². The van der Waals surface area contributed by atoms with Crippen LogP contribution in [0, 0.1) is 0 Å². The first-order valence-electron chi connectivity index (χ1n) is 8.63. The lowest BCUT2D eigenvalue weighted by molar-refractivity contribution is 1.20. The van der Waals surface area contributed by atoms with Crippen molar-refractivity contribution in [2.75, 3.05) is 0 Å². The van der Waals surface area contributed by atoms with Gasteiger partial charge in [0.15, 0.2) is 0 Å². The van der Waals surface area contributed by atoms with Gasteiger partial charge in [0.05, 0.1) is 46.7 Å². The standard InChI is InChI=1S/C20H22N8/c1-15(25-23-13-19-9-5-7-11-21-19)17(3)27-28-18(4)16(2)26-24-14-20-10-6-8-12-22-20/h5-14H,1-4H3/b23-13+,24-14+,25-15-,26-16-,27-17-,28-18-. The minimum absolute atomic E-state index is 0.655. The molecule has 28 heavy (non-hydrogen) atoms. The van der Waals surface area contributed by atoms with Gasteiger partial charge in [0.1, 0.15) is 0 Å². The molecule has 2 aromatic heterocycles. The SMILES string of the molecule is CC(=N/N=C(C)\C(C)=N/N=C/c1ccccn1)/C(C)=N\N=C\c1ccccn1. The van der Waals surface area contributed by atoms with E-state index < -0.39 is 0 Å². The third-order valence-electron chi connectivity index (χ3n) is 3.57. The summed E-state index contributed by atoms with van der Waals surface area (Å²) in [6.45, 7) is 7.27. The molecule has 2 aromatic rings. The molecule has 0 aliphatic carbocycles. The predicted molar refractivity (Wildman–Crippen MR) is 116 cm³/mol. The van der Waals surface area contributed by atoms with Crippen LogP contribution in [0.2, 0.25) is 0 Å². The van der Waals surface area contributed by atoms with Crippen LogP contribution in [-0.2, 0) is 0 Å². The number of aromatic nitrogens is 2. The Kier molecular flexibility index (Phi) is 8.19. The average Bonchev–Trinajstić information content (AvgIpc) is 2.73. The lowest BCUT2D eigenvalue weighted by Gasteiger charge is -1.97. The van der Waals surface area contributed by atoms with Crippen LogP contribution in [0.5, 0.6) is 0 Å². The van der Waals surface area contributed by atoms with Crippen molar-refractivity contribution in [3.8, 4) is 0 Å². The molecule has 0 saturated carbocycles. The summed E-state index contributed by atoms with van der Waals surface area (Å²) in [5, 5.41) is 24.6. The van der Waals surface area contributed by atoms with E-state index in [9.17, 15) is 0 Å². The fourth-order valence-corrected chi connectivity index (χ4v) is 1.69. The van der Waals surface area contributed by atoms with Gasteiger partial charge in [-0.05, 0) is 52.0 Å². The normalized spacial score (nSPS) is 14.3. The molecule has 0 fully saturated rings. The van der Waals surface area contributed by atoms with Crippen LogP contribution >= 0.6 is 0 Å². The number of hydrogen-bond acceptors (Lipinski definition) is 8. The maximum Gasteiger partial charge on any atom is 0.0831 e. The number of nitrogens with zero attached hydrogens (tertiary/aromatic N) is 8. The largest absolute Gasteiger partial charge is 0.255 e. The molecule has 2 heterocycles. The molecule has 0 aliphatic rings. The van der Waals surface area contributed by atoms with E-state index in [1.807, 2.05) is 64.1 Å². The van der Waals surface area contributed by atoms with Crippen molar-refractivity contribution in [2.24, 2.45) is 30.6 Å². The predicted octanol–water partition coefficient (Wildman–Crippen LogP) is 3.60. The molecule has 0 radical (unpaired) electrons. The second-order valence-electron chi connectivity index (χ2n) is 5.74. The van der Waals surface area contributed by atoms with Gasteiger partial charge in [-0.3, -0.25) is 9.97 Å². The maximum absolute atomic E-state index is 4.18. The summed E-state index contributed by atoms with van der Waals surface area (Å²) in [6, 6.07) is 11.2. The summed E-state index contributed by atoms with van der Waals surface area (Å²) < 4.78 is 0. The van der Waals surface area contributed by atoms with Crippen LogP contribution < -0.4 is 0 Å². The molecule has 0 bridgehead atoms. The zero-order valence-electron chi connectivity index (χ0n) is 16.4. The van der Waals surface area contributed by atoms with Gasteiger partial charge in [0.25, 0.3) is 0 Å². The van der Waals surface area contributed by atoms with Crippen LogP contribution in [0.25, 0.3) is 0 Å². The molecule has 0 N–H and O–H groups in total. The Morgan fingerprint density at radius 1 is 0.607 bits per heavy atom. The van der Waals surface area contributed by atoms with E-state index in [2.05, 4.69) is 40.6 Å². The Labute approximate surface area is 164 Å². The van der Waals surface area contributed by atoms with E-state index in [1.165, 1.54) is 0 Å². The first kappa shape index (κ1) is 20.6. The lowest BCUT2D eigenvalue weighted by atomic mass is 10.3. The van der Waals surface area contributed by atoms with Crippen molar-refractivity contribution < 1.29 is 0 Å². The molecule has 0 atom stereocenters. The van der Waals surface area contributed by atoms with Gasteiger partial charge >= 0.3 is 0 Å². The van der Waals surface area contributed by atoms with Crippen LogP contribution in [0.4, 0.5) is 0 Å². The van der Waals surface area contributed by atoms with Gasteiger partial charge < -0.3 is 0 Å². The molecule has 0 spiro atoms. The van der Waals surface area contributed by atoms with Crippen molar-refractivity contribution in [3.05, 3.63) is 60.2 Å². The molecule has 8 nitrogen and oxygen atoms in total. The maximum atomic E-state index is 4.18. The first-order valence-corrected chi connectivity index (χ1v) is 8.63. The summed E-state index contributed by atoms with van der Waals surface area (Å²) in [5.41, 5.74) is 4.10. The van der Waals surface area contributed by atoms with Gasteiger partial charge in [-0.15, -0.1) is 0 Å². The lowest BCUT2D eigenvalue weighted by Crippen LogP contribution is -2.07. The van der Waals surface area contributed by atoms with Crippen molar-refractivity contribution in [2.45, 2.75) is 27.7 Å². The molecule has 0 amide bonds. The third kappa shape index (κ3) is 7.28. The van der Waals surface area contributed by atoms with Crippen molar-refractivity contribution >= 4 is 35.3 Å². The third-order valence-corrected chi connectivity index (χ3v) is 3.57. The Hall–Kier alpha value is -3.68. The van der Waals surface area contributed by atoms with Gasteiger partial charge in [0, 0.05) is 12.4 Å². The van der Waals surface area contributed by atoms with Gasteiger partial charge in [-0.25, -0.2) is 0 Å². The Morgan fingerprint density at radius 3 is 1.36 bits per heavy atom. The summed E-state index contributed by atoms with van der Waals surface area (Å²) in [7, 11) is 0. The topological polar surface area (TPSA) is 99.9 Å². The number of pyridine rings is 2. The molecular formula is C20H22N8. The fraction of sp³-hybridized carbons (Fsp3) is 0.200. The van der Waals surface area contributed by atoms with Crippen molar-refractivity contribution in [3.63, 3.8) is 0 Å². The van der Waals surface area contributed by atoms with E-state index in [0.717, 1.165) is 11.4 Å². The highest BCUT2D eigenvalue weighted by Crippen LogP contribution is 1.94. The molecule has 0 saturated heterocycles. The van der Waals surface area contributed by atoms with Gasteiger partial charge in [-0.2, -0.15) is 30.6 Å². The van der Waals surface area contributed by atoms with E-state index in [1.54, 1.807) is 24.8 Å². The van der Waals surface area contributed by atoms with Crippen LogP contribution in [0.1, 0.15) is 39.1 Å². The highest BCUT2D eigenvalue weighted by Gasteiger charge is 1.99. The second kappa shape index (κ2) is 11.1. The fourth-order valence-electron chi connectivity index (χ4n) is 1.69. The smallest absolute Gasteiger partial charge is 0.0831 e. The first-order chi connectivity index (χ1) is 13.6. The summed E-state index contributed by atoms with van der Waals surface area (Å²) in [6.07, 6.45) is 6.57. The minimum Gasteiger partial charge on any atom is -0.255 e.